The summed E-state index contributed by atoms with van der Waals surface area (Å²) in [7, 11) is 0. The fourth-order valence-electron chi connectivity index (χ4n) is 1.75. The second-order valence-electron chi connectivity index (χ2n) is 4.06. The number of aromatic nitrogens is 1. The second kappa shape index (κ2) is 8.89. The number of aliphatic hydroxyl groups is 1. The van der Waals surface area contributed by atoms with Gasteiger partial charge in [0.05, 0.1) is 0 Å². The highest BCUT2D eigenvalue weighted by molar-refractivity contribution is 5.95. The first-order valence-electron chi connectivity index (χ1n) is 6.30. The van der Waals surface area contributed by atoms with Crippen LogP contribution in [0, 0.1) is 11.5 Å². The second-order valence-corrected chi connectivity index (χ2v) is 4.06. The maximum absolute atomic E-state index is 8.72. The number of nitrogens with two attached hydrogens (primary N) is 1. The summed E-state index contributed by atoms with van der Waals surface area (Å²) in [5.74, 6) is 0.191. The van der Waals surface area contributed by atoms with Crippen molar-refractivity contribution < 1.29 is 5.11 Å². The van der Waals surface area contributed by atoms with E-state index in [1.54, 1.807) is 23.5 Å². The van der Waals surface area contributed by atoms with Gasteiger partial charge < -0.3 is 15.7 Å². The zero-order chi connectivity index (χ0) is 13.9. The van der Waals surface area contributed by atoms with Gasteiger partial charge in [-0.1, -0.05) is 12.8 Å². The third kappa shape index (κ3) is 5.36. The number of anilines is 1. The number of nitrogens with zero attached hydrogens (tertiary/aromatic N) is 4. The van der Waals surface area contributed by atoms with Crippen LogP contribution in [0.25, 0.3) is 0 Å². The van der Waals surface area contributed by atoms with Gasteiger partial charge in [0.15, 0.2) is 0 Å². The first kappa shape index (κ1) is 14.9. The average molecular weight is 261 g/mol. The third-order valence-corrected chi connectivity index (χ3v) is 2.71. The van der Waals surface area contributed by atoms with Crippen LogP contribution in [-0.4, -0.2) is 29.2 Å². The molecule has 0 bridgehead atoms. The Balaban J connectivity index is 2.62. The maximum Gasteiger partial charge on any atom is 0.211 e. The highest BCUT2D eigenvalue weighted by Crippen LogP contribution is 2.13. The number of aliphatic imine (C=N–C) groups is 1. The van der Waals surface area contributed by atoms with Crippen LogP contribution in [0.1, 0.15) is 25.7 Å². The lowest BCUT2D eigenvalue weighted by Crippen LogP contribution is -2.38. The van der Waals surface area contributed by atoms with Gasteiger partial charge in [-0.15, -0.1) is 4.99 Å². The molecule has 102 valence electrons. The Morgan fingerprint density at radius 2 is 2.00 bits per heavy atom. The van der Waals surface area contributed by atoms with Crippen LogP contribution >= 0.6 is 0 Å². The average Bonchev–Trinajstić information content (AvgIpc) is 2.44. The van der Waals surface area contributed by atoms with Crippen LogP contribution < -0.4 is 10.6 Å². The molecule has 0 aromatic carbocycles. The number of hydrogen-bond acceptors (Lipinski definition) is 4. The Morgan fingerprint density at radius 3 is 2.63 bits per heavy atom. The van der Waals surface area contributed by atoms with E-state index in [-0.39, 0.29) is 12.6 Å². The molecule has 1 rings (SSSR count). The molecule has 0 fully saturated rings. The van der Waals surface area contributed by atoms with Crippen molar-refractivity contribution in [3.05, 3.63) is 24.5 Å². The molecule has 0 saturated carbocycles. The molecular formula is C13H19N5O. The zero-order valence-electron chi connectivity index (χ0n) is 10.9. The van der Waals surface area contributed by atoms with Gasteiger partial charge in [-0.2, -0.15) is 5.26 Å². The first-order chi connectivity index (χ1) is 9.29. The molecule has 0 atom stereocenters. The molecule has 0 aliphatic heterocycles. The van der Waals surface area contributed by atoms with E-state index in [4.69, 9.17) is 16.1 Å². The fourth-order valence-corrected chi connectivity index (χ4v) is 1.75. The lowest BCUT2D eigenvalue weighted by molar-refractivity contribution is 0.282. The van der Waals surface area contributed by atoms with E-state index >= 15 is 0 Å². The number of rotatable bonds is 7. The SMILES string of the molecule is N#CN=C(N)N(CCCCCCO)c1ccncc1. The molecule has 19 heavy (non-hydrogen) atoms. The van der Waals surface area contributed by atoms with Crippen molar-refractivity contribution in [2.45, 2.75) is 25.7 Å². The first-order valence-corrected chi connectivity index (χ1v) is 6.30. The van der Waals surface area contributed by atoms with E-state index in [1.165, 1.54) is 0 Å². The number of aliphatic hydroxyl groups excluding tert-OH is 1. The predicted octanol–water partition coefficient (Wildman–Crippen LogP) is 1.24. The molecule has 0 aliphatic rings. The van der Waals surface area contributed by atoms with Gasteiger partial charge in [0.25, 0.3) is 0 Å². The summed E-state index contributed by atoms with van der Waals surface area (Å²) in [5.41, 5.74) is 6.66. The van der Waals surface area contributed by atoms with Crippen LogP contribution in [0.5, 0.6) is 0 Å². The zero-order valence-corrected chi connectivity index (χ0v) is 10.9. The van der Waals surface area contributed by atoms with Crippen molar-refractivity contribution in [3.8, 4) is 6.19 Å². The van der Waals surface area contributed by atoms with Crippen molar-refractivity contribution in [1.82, 2.24) is 4.98 Å². The Labute approximate surface area is 113 Å². The van der Waals surface area contributed by atoms with Crippen LogP contribution in [0.4, 0.5) is 5.69 Å². The van der Waals surface area contributed by atoms with Crippen molar-refractivity contribution in [1.29, 1.82) is 5.26 Å². The summed E-state index contributed by atoms with van der Waals surface area (Å²) in [6.07, 6.45) is 8.77. The topological polar surface area (TPSA) is 98.5 Å². The molecule has 3 N–H and O–H groups in total. The van der Waals surface area contributed by atoms with Crippen molar-refractivity contribution in [2.75, 3.05) is 18.1 Å². The lowest BCUT2D eigenvalue weighted by atomic mass is 10.2. The molecule has 1 aromatic heterocycles. The van der Waals surface area contributed by atoms with Crippen LogP contribution in [-0.2, 0) is 0 Å². The Morgan fingerprint density at radius 1 is 1.32 bits per heavy atom. The summed E-state index contributed by atoms with van der Waals surface area (Å²) >= 11 is 0. The van der Waals surface area contributed by atoms with Crippen molar-refractivity contribution in [3.63, 3.8) is 0 Å². The van der Waals surface area contributed by atoms with Gasteiger partial charge >= 0.3 is 0 Å². The summed E-state index contributed by atoms with van der Waals surface area (Å²) in [4.78, 5) is 9.33. The molecule has 0 aliphatic carbocycles. The normalized spacial score (nSPS) is 11.1. The third-order valence-electron chi connectivity index (χ3n) is 2.71. The molecular weight excluding hydrogens is 242 g/mol. The van der Waals surface area contributed by atoms with Crippen LogP contribution in [0.2, 0.25) is 0 Å². The molecule has 1 aromatic rings. The summed E-state index contributed by atoms with van der Waals surface area (Å²) in [5, 5.41) is 17.3. The molecule has 1 heterocycles. The summed E-state index contributed by atoms with van der Waals surface area (Å²) < 4.78 is 0. The van der Waals surface area contributed by atoms with E-state index in [0.717, 1.165) is 31.4 Å². The number of hydrogen-bond donors (Lipinski definition) is 2. The quantitative estimate of drug-likeness (QED) is 0.333. The van der Waals surface area contributed by atoms with Crippen molar-refractivity contribution >= 4 is 11.6 Å². The molecule has 0 amide bonds. The van der Waals surface area contributed by atoms with Crippen LogP contribution in [0.3, 0.4) is 0 Å². The van der Waals surface area contributed by atoms with Gasteiger partial charge in [-0.3, -0.25) is 4.98 Å². The number of pyridine rings is 1. The molecule has 6 nitrogen and oxygen atoms in total. The minimum atomic E-state index is 0.191. The van der Waals surface area contributed by atoms with Gasteiger partial charge in [-0.05, 0) is 25.0 Å². The number of guanidine groups is 1. The summed E-state index contributed by atoms with van der Waals surface area (Å²) in [6.45, 7) is 0.915. The number of nitriles is 1. The fraction of sp³-hybridized carbons (Fsp3) is 0.462. The largest absolute Gasteiger partial charge is 0.396 e. The smallest absolute Gasteiger partial charge is 0.211 e. The van der Waals surface area contributed by atoms with E-state index < -0.39 is 0 Å². The molecule has 0 saturated heterocycles. The minimum absolute atomic E-state index is 0.191. The highest BCUT2D eigenvalue weighted by atomic mass is 16.2. The van der Waals surface area contributed by atoms with Gasteiger partial charge in [0.1, 0.15) is 0 Å². The maximum atomic E-state index is 8.72. The molecule has 6 heteroatoms. The summed E-state index contributed by atoms with van der Waals surface area (Å²) in [6, 6.07) is 3.65. The predicted molar refractivity (Wildman–Crippen MR) is 74.4 cm³/mol. The van der Waals surface area contributed by atoms with Gasteiger partial charge in [-0.25, -0.2) is 0 Å². The number of unbranched alkanes of at least 4 members (excludes halogenated alkanes) is 3. The Hall–Kier alpha value is -2.13. The van der Waals surface area contributed by atoms with E-state index in [0.29, 0.717) is 6.54 Å². The van der Waals surface area contributed by atoms with Crippen molar-refractivity contribution in [2.24, 2.45) is 10.7 Å². The Kier molecular flexibility index (Phi) is 6.98. The van der Waals surface area contributed by atoms with E-state index in [1.807, 2.05) is 12.1 Å². The monoisotopic (exact) mass is 261 g/mol. The van der Waals surface area contributed by atoms with Gasteiger partial charge in [0.2, 0.25) is 12.2 Å². The van der Waals surface area contributed by atoms with Gasteiger partial charge in [0, 0.05) is 31.2 Å². The molecule has 0 spiro atoms. The highest BCUT2D eigenvalue weighted by Gasteiger charge is 2.10. The minimum Gasteiger partial charge on any atom is -0.396 e. The Bertz CT molecular complexity index is 426. The standard InChI is InChI=1S/C13H19N5O/c14-11-17-13(15)18(9-3-1-2-4-10-19)12-5-7-16-8-6-12/h5-8,19H,1-4,9-10H2,(H2,15,17). The van der Waals surface area contributed by atoms with E-state index in [9.17, 15) is 0 Å². The van der Waals surface area contributed by atoms with Crippen LogP contribution in [0.15, 0.2) is 29.5 Å². The van der Waals surface area contributed by atoms with E-state index in [2.05, 4.69) is 9.98 Å². The molecule has 0 radical (unpaired) electrons. The molecule has 0 unspecified atom stereocenters. The lowest BCUT2D eigenvalue weighted by Gasteiger charge is -2.22.